The summed E-state index contributed by atoms with van der Waals surface area (Å²) in [5, 5.41) is 0. The van der Waals surface area contributed by atoms with Gasteiger partial charge >= 0.3 is 19.5 Å². The van der Waals surface area contributed by atoms with Gasteiger partial charge in [0.15, 0.2) is 0 Å². The number of hydrogen-bond donors (Lipinski definition) is 2. The Bertz CT molecular complexity index is 550. The van der Waals surface area contributed by atoms with E-state index < -0.39 is 22.2 Å². The van der Waals surface area contributed by atoms with Crippen LogP contribution in [0.4, 0.5) is 11.4 Å². The monoisotopic (exact) mass is 376 g/mol. The van der Waals surface area contributed by atoms with Crippen molar-refractivity contribution >= 4 is 33.5 Å². The molecule has 0 bridgehead atoms. The molecule has 2 aromatic carbocycles. The maximum Gasteiger partial charge on any atom is 2.00 e. The summed E-state index contributed by atoms with van der Waals surface area (Å²) in [7, 11) is 0. The Hall–Kier alpha value is -1.12. The van der Waals surface area contributed by atoms with Gasteiger partial charge in [-0.3, -0.25) is 8.42 Å². The normalized spacial score (nSPS) is 12.3. The average Bonchev–Trinajstić information content (AvgIpc) is 2.40. The van der Waals surface area contributed by atoms with Gasteiger partial charge in [0.1, 0.15) is 0 Å². The van der Waals surface area contributed by atoms with E-state index in [1.165, 1.54) is 24.3 Å². The largest absolute Gasteiger partial charge is 2.00 e. The van der Waals surface area contributed by atoms with E-state index in [1.54, 1.807) is 24.3 Å². The molecule has 0 saturated carbocycles. The van der Waals surface area contributed by atoms with Crippen LogP contribution >= 0.6 is 0 Å². The molecule has 4 N–H and O–H groups in total. The third kappa shape index (κ3) is 7.45. The molecule has 0 aliphatic heterocycles. The molecule has 9 heteroatoms. The second-order valence-electron chi connectivity index (χ2n) is 3.61. The number of nitrogens with two attached hydrogens (primary N) is 2. The maximum absolute atomic E-state index is 10.3. The predicted octanol–water partition coefficient (Wildman–Crippen LogP) is 1.01. The molecule has 6 nitrogen and oxygen atoms in total. The molecule has 2 unspecified atom stereocenters. The van der Waals surface area contributed by atoms with Crippen molar-refractivity contribution < 1.29 is 37.0 Å². The summed E-state index contributed by atoms with van der Waals surface area (Å²) in [6, 6.07) is 12.0. The molecule has 0 aromatic heterocycles. The van der Waals surface area contributed by atoms with E-state index in [0.717, 1.165) is 0 Å². The van der Waals surface area contributed by atoms with E-state index in [9.17, 15) is 17.5 Å². The van der Waals surface area contributed by atoms with Gasteiger partial charge in [-0.1, -0.05) is 0 Å². The van der Waals surface area contributed by atoms with Gasteiger partial charge in [0.25, 0.3) is 0 Å². The smallest absolute Gasteiger partial charge is 0.768 e. The minimum Gasteiger partial charge on any atom is -0.768 e. The first-order valence-electron chi connectivity index (χ1n) is 5.29. The van der Waals surface area contributed by atoms with Gasteiger partial charge in [0, 0.05) is 21.2 Å². The van der Waals surface area contributed by atoms with Gasteiger partial charge in [0.2, 0.25) is 0 Å². The molecular weight excluding hydrogens is 366 g/mol. The topological polar surface area (TPSA) is 132 Å². The van der Waals surface area contributed by atoms with Crippen LogP contribution in [0.1, 0.15) is 0 Å². The van der Waals surface area contributed by atoms with Crippen LogP contribution in [0.25, 0.3) is 0 Å². The molecule has 2 aromatic rings. The second kappa shape index (κ2) is 9.75. The molecule has 0 aliphatic carbocycles. The molecule has 108 valence electrons. The molecule has 0 amide bonds. The number of rotatable bonds is 2. The molecule has 0 heterocycles. The fourth-order valence-electron chi connectivity index (χ4n) is 1.16. The summed E-state index contributed by atoms with van der Waals surface area (Å²) in [5.74, 6) is 0. The molecule has 2 atom stereocenters. The number of hydrogen-bond acceptors (Lipinski definition) is 6. The van der Waals surface area contributed by atoms with Crippen LogP contribution in [-0.2, 0) is 41.6 Å². The Morgan fingerprint density at radius 1 is 0.667 bits per heavy atom. The second-order valence-corrected chi connectivity index (χ2v) is 5.49. The van der Waals surface area contributed by atoms with Crippen molar-refractivity contribution in [1.29, 1.82) is 0 Å². The van der Waals surface area contributed by atoms with Crippen molar-refractivity contribution in [1.82, 2.24) is 0 Å². The van der Waals surface area contributed by atoms with Gasteiger partial charge in [0.05, 0.1) is 0 Å². The summed E-state index contributed by atoms with van der Waals surface area (Å²) in [6.45, 7) is 0. The molecule has 2 rings (SSSR count). The van der Waals surface area contributed by atoms with E-state index in [-0.39, 0.29) is 29.3 Å². The number of anilines is 2. The predicted molar refractivity (Wildman–Crippen MR) is 76.1 cm³/mol. The Labute approximate surface area is 140 Å². The first kappa shape index (κ1) is 19.9. The Balaban J connectivity index is 0.000000364. The minimum absolute atomic E-state index is 0. The Morgan fingerprint density at radius 3 is 1.10 bits per heavy atom. The van der Waals surface area contributed by atoms with E-state index in [2.05, 4.69) is 0 Å². The Kier molecular flexibility index (Phi) is 9.23. The molecule has 0 aliphatic rings. The summed E-state index contributed by atoms with van der Waals surface area (Å²) in [6.07, 6.45) is 0. The van der Waals surface area contributed by atoms with E-state index in [4.69, 9.17) is 11.5 Å². The standard InChI is InChI=1S/2C6H7NO2S.Zn/c2*7-5-1-3-6(4-2-5)10(8)9;/h2*1-4H,7H2,(H,8,9);/q;;+2/p-2. The summed E-state index contributed by atoms with van der Waals surface area (Å²) < 4.78 is 41.1. The fourth-order valence-corrected chi connectivity index (χ4v) is 1.87. The third-order valence-corrected chi connectivity index (χ3v) is 3.46. The fraction of sp³-hybridized carbons (Fsp3) is 0. The van der Waals surface area contributed by atoms with Crippen molar-refractivity contribution in [2.75, 3.05) is 11.5 Å². The van der Waals surface area contributed by atoms with Crippen LogP contribution in [0.2, 0.25) is 0 Å². The first-order chi connectivity index (χ1) is 9.40. The van der Waals surface area contributed by atoms with Crippen LogP contribution in [0.3, 0.4) is 0 Å². The van der Waals surface area contributed by atoms with Gasteiger partial charge in [-0.25, -0.2) is 0 Å². The van der Waals surface area contributed by atoms with Gasteiger partial charge in [-0.05, 0) is 70.7 Å². The third-order valence-electron chi connectivity index (χ3n) is 2.15. The SMILES string of the molecule is Nc1ccc(S(=O)[O-])cc1.Nc1ccc(S(=O)[O-])cc1.[Zn+2]. The van der Waals surface area contributed by atoms with E-state index in [1.807, 2.05) is 0 Å². The zero-order chi connectivity index (χ0) is 15.1. The average molecular weight is 378 g/mol. The summed E-state index contributed by atoms with van der Waals surface area (Å²) in [5.41, 5.74) is 11.8. The number of nitrogen functional groups attached to an aromatic ring is 2. The van der Waals surface area contributed by atoms with Crippen LogP contribution in [-0.4, -0.2) is 17.5 Å². The van der Waals surface area contributed by atoms with Crippen molar-refractivity contribution in [3.05, 3.63) is 48.5 Å². The van der Waals surface area contributed by atoms with Crippen LogP contribution in [0, 0.1) is 0 Å². The first-order valence-corrected chi connectivity index (χ1v) is 7.44. The molecular formula is C12H12N2O4S2Zn. The van der Waals surface area contributed by atoms with E-state index >= 15 is 0 Å². The van der Waals surface area contributed by atoms with Gasteiger partial charge in [-0.2, -0.15) is 0 Å². The Morgan fingerprint density at radius 2 is 0.905 bits per heavy atom. The van der Waals surface area contributed by atoms with E-state index in [0.29, 0.717) is 11.4 Å². The number of benzene rings is 2. The summed E-state index contributed by atoms with van der Waals surface area (Å²) >= 11 is -4.29. The molecule has 0 saturated heterocycles. The van der Waals surface area contributed by atoms with Crippen molar-refractivity contribution in [3.63, 3.8) is 0 Å². The van der Waals surface area contributed by atoms with Crippen molar-refractivity contribution in [3.8, 4) is 0 Å². The van der Waals surface area contributed by atoms with Crippen LogP contribution < -0.4 is 11.5 Å². The van der Waals surface area contributed by atoms with Gasteiger partial charge < -0.3 is 20.6 Å². The zero-order valence-electron chi connectivity index (χ0n) is 10.9. The zero-order valence-corrected chi connectivity index (χ0v) is 15.5. The maximum atomic E-state index is 10.3. The van der Waals surface area contributed by atoms with Crippen LogP contribution in [0.5, 0.6) is 0 Å². The molecule has 0 radical (unpaired) electrons. The molecule has 0 fully saturated rings. The van der Waals surface area contributed by atoms with Crippen molar-refractivity contribution in [2.24, 2.45) is 0 Å². The summed E-state index contributed by atoms with van der Waals surface area (Å²) in [4.78, 5) is 0.517. The minimum atomic E-state index is -2.14. The quantitative estimate of drug-likeness (QED) is 0.456. The molecule has 21 heavy (non-hydrogen) atoms. The van der Waals surface area contributed by atoms with Gasteiger partial charge in [-0.15, -0.1) is 0 Å². The van der Waals surface area contributed by atoms with Crippen molar-refractivity contribution in [2.45, 2.75) is 9.79 Å². The molecule has 0 spiro atoms. The van der Waals surface area contributed by atoms with Crippen LogP contribution in [0.15, 0.2) is 58.3 Å².